The number of furan rings is 1. The predicted molar refractivity (Wildman–Crippen MR) is 74.3 cm³/mol. The molecule has 1 heterocycles. The molecule has 0 amide bonds. The molecule has 0 bridgehead atoms. The van der Waals surface area contributed by atoms with Crippen molar-refractivity contribution in [1.29, 1.82) is 0 Å². The second-order valence-electron chi connectivity index (χ2n) is 4.06. The molecule has 17 heavy (non-hydrogen) atoms. The van der Waals surface area contributed by atoms with E-state index in [0.29, 0.717) is 0 Å². The molecule has 2 nitrogen and oxygen atoms in total. The first-order valence-electron chi connectivity index (χ1n) is 5.79. The summed E-state index contributed by atoms with van der Waals surface area (Å²) in [7, 11) is 0. The molecule has 1 aromatic carbocycles. The van der Waals surface area contributed by atoms with Gasteiger partial charge in [0.25, 0.3) is 0 Å². The zero-order valence-corrected chi connectivity index (χ0v) is 11.6. The summed E-state index contributed by atoms with van der Waals surface area (Å²) in [6.45, 7) is 4.25. The zero-order chi connectivity index (χ0) is 12.3. The Morgan fingerprint density at radius 1 is 1.29 bits per heavy atom. The molecule has 2 rings (SSSR count). The van der Waals surface area contributed by atoms with Crippen molar-refractivity contribution in [2.45, 2.75) is 26.3 Å². The van der Waals surface area contributed by atoms with Gasteiger partial charge in [-0.25, -0.2) is 0 Å². The van der Waals surface area contributed by atoms with Crippen LogP contribution in [0.15, 0.2) is 45.5 Å². The molecule has 3 heteroatoms. The first kappa shape index (κ1) is 12.2. The average Bonchev–Trinajstić information content (AvgIpc) is 2.76. The van der Waals surface area contributed by atoms with E-state index in [1.165, 1.54) is 5.56 Å². The Morgan fingerprint density at radius 2 is 2.12 bits per heavy atom. The molecule has 0 radical (unpaired) electrons. The molecule has 1 unspecified atom stereocenters. The highest BCUT2D eigenvalue weighted by molar-refractivity contribution is 9.10. The average molecular weight is 294 g/mol. The Bertz CT molecular complexity index is 492. The summed E-state index contributed by atoms with van der Waals surface area (Å²) in [6.07, 6.45) is 1.05. The van der Waals surface area contributed by atoms with Crippen LogP contribution in [0.4, 0.5) is 5.69 Å². The highest BCUT2D eigenvalue weighted by Crippen LogP contribution is 2.24. The van der Waals surface area contributed by atoms with E-state index in [1.54, 1.807) is 0 Å². The minimum absolute atomic E-state index is 0.161. The number of hydrogen-bond acceptors (Lipinski definition) is 2. The lowest BCUT2D eigenvalue weighted by Crippen LogP contribution is -2.05. The highest BCUT2D eigenvalue weighted by Gasteiger charge is 2.09. The van der Waals surface area contributed by atoms with Gasteiger partial charge in [-0.05, 0) is 59.1 Å². The van der Waals surface area contributed by atoms with E-state index in [2.05, 4.69) is 59.4 Å². The number of nitrogens with one attached hydrogen (secondary N) is 1. The largest absolute Gasteiger partial charge is 0.452 e. The molecule has 0 aliphatic rings. The van der Waals surface area contributed by atoms with Crippen molar-refractivity contribution in [1.82, 2.24) is 0 Å². The van der Waals surface area contributed by atoms with Crippen molar-refractivity contribution in [3.05, 3.63) is 52.4 Å². The molecular weight excluding hydrogens is 278 g/mol. The van der Waals surface area contributed by atoms with Crippen molar-refractivity contribution < 1.29 is 4.42 Å². The Hall–Kier alpha value is -1.22. The van der Waals surface area contributed by atoms with E-state index < -0.39 is 0 Å². The van der Waals surface area contributed by atoms with Crippen LogP contribution in [0.1, 0.15) is 31.2 Å². The maximum atomic E-state index is 5.53. The fourth-order valence-electron chi connectivity index (χ4n) is 1.76. The summed E-state index contributed by atoms with van der Waals surface area (Å²) >= 11 is 3.31. The lowest BCUT2D eigenvalue weighted by atomic mass is 10.1. The maximum absolute atomic E-state index is 5.53. The molecule has 1 atom stereocenters. The Morgan fingerprint density at radius 3 is 2.76 bits per heavy atom. The monoisotopic (exact) mass is 293 g/mol. The number of halogens is 1. The lowest BCUT2D eigenvalue weighted by Gasteiger charge is -2.13. The van der Waals surface area contributed by atoms with Gasteiger partial charge in [-0.2, -0.15) is 0 Å². The third-order valence-electron chi connectivity index (χ3n) is 2.74. The summed E-state index contributed by atoms with van der Waals surface area (Å²) in [5.74, 6) is 0.929. The number of anilines is 1. The molecular formula is C14H16BrNO. The molecule has 2 aromatic rings. The fourth-order valence-corrected chi connectivity index (χ4v) is 2.08. The van der Waals surface area contributed by atoms with Gasteiger partial charge in [0.1, 0.15) is 5.76 Å². The number of rotatable bonds is 4. The Labute approximate surface area is 110 Å². The molecule has 0 aliphatic carbocycles. The molecule has 0 saturated heterocycles. The van der Waals surface area contributed by atoms with Crippen molar-refractivity contribution >= 4 is 21.6 Å². The Kier molecular flexibility index (Phi) is 3.89. The van der Waals surface area contributed by atoms with Crippen LogP contribution in [0.3, 0.4) is 0 Å². The summed E-state index contributed by atoms with van der Waals surface area (Å²) < 4.78 is 6.30. The van der Waals surface area contributed by atoms with Gasteiger partial charge in [0.05, 0.1) is 6.04 Å². The van der Waals surface area contributed by atoms with Gasteiger partial charge in [0.2, 0.25) is 0 Å². The first-order chi connectivity index (χ1) is 8.19. The molecule has 1 aromatic heterocycles. The molecule has 0 saturated carbocycles. The van der Waals surface area contributed by atoms with Gasteiger partial charge in [0.15, 0.2) is 4.67 Å². The third-order valence-corrected chi connectivity index (χ3v) is 3.17. The zero-order valence-electron chi connectivity index (χ0n) is 10.0. The lowest BCUT2D eigenvalue weighted by molar-refractivity contribution is 0.471. The van der Waals surface area contributed by atoms with Gasteiger partial charge in [0, 0.05) is 5.69 Å². The summed E-state index contributed by atoms with van der Waals surface area (Å²) in [6, 6.07) is 12.5. The topological polar surface area (TPSA) is 25.2 Å². The maximum Gasteiger partial charge on any atom is 0.169 e. The van der Waals surface area contributed by atoms with E-state index in [0.717, 1.165) is 22.5 Å². The molecule has 90 valence electrons. The van der Waals surface area contributed by atoms with Crippen molar-refractivity contribution in [3.63, 3.8) is 0 Å². The Balaban J connectivity index is 2.09. The van der Waals surface area contributed by atoms with Gasteiger partial charge < -0.3 is 9.73 Å². The molecule has 0 fully saturated rings. The van der Waals surface area contributed by atoms with Crippen LogP contribution in [-0.4, -0.2) is 0 Å². The predicted octanol–water partition coefficient (Wildman–Crippen LogP) is 4.78. The van der Waals surface area contributed by atoms with Crippen LogP contribution < -0.4 is 5.32 Å². The van der Waals surface area contributed by atoms with Crippen LogP contribution in [0, 0.1) is 0 Å². The van der Waals surface area contributed by atoms with Gasteiger partial charge in [-0.3, -0.25) is 0 Å². The smallest absolute Gasteiger partial charge is 0.169 e. The van der Waals surface area contributed by atoms with E-state index >= 15 is 0 Å². The summed E-state index contributed by atoms with van der Waals surface area (Å²) in [5.41, 5.74) is 2.46. The standard InChI is InChI=1S/C14H16BrNO/c1-3-11-5-4-6-12(9-11)16-10(2)13-7-8-14(15)17-13/h4-10,16H,3H2,1-2H3. The third kappa shape index (κ3) is 3.13. The number of benzene rings is 1. The van der Waals surface area contributed by atoms with E-state index in [9.17, 15) is 0 Å². The summed E-state index contributed by atoms with van der Waals surface area (Å²) in [5, 5.41) is 3.43. The second-order valence-corrected chi connectivity index (χ2v) is 4.84. The highest BCUT2D eigenvalue weighted by atomic mass is 79.9. The number of aryl methyl sites for hydroxylation is 1. The normalized spacial score (nSPS) is 12.4. The van der Waals surface area contributed by atoms with Crippen molar-refractivity contribution in [3.8, 4) is 0 Å². The minimum Gasteiger partial charge on any atom is -0.452 e. The summed E-state index contributed by atoms with van der Waals surface area (Å²) in [4.78, 5) is 0. The SMILES string of the molecule is CCc1cccc(NC(C)c2ccc(Br)o2)c1. The van der Waals surface area contributed by atoms with E-state index in [4.69, 9.17) is 4.42 Å². The van der Waals surface area contributed by atoms with Crippen LogP contribution in [0.5, 0.6) is 0 Å². The van der Waals surface area contributed by atoms with Crippen LogP contribution >= 0.6 is 15.9 Å². The molecule has 0 spiro atoms. The van der Waals surface area contributed by atoms with Crippen LogP contribution in [-0.2, 0) is 6.42 Å². The van der Waals surface area contributed by atoms with Gasteiger partial charge in [-0.15, -0.1) is 0 Å². The quantitative estimate of drug-likeness (QED) is 0.878. The second kappa shape index (κ2) is 5.41. The number of hydrogen-bond donors (Lipinski definition) is 1. The molecule has 1 N–H and O–H groups in total. The van der Waals surface area contributed by atoms with Crippen molar-refractivity contribution in [2.24, 2.45) is 0 Å². The van der Waals surface area contributed by atoms with Gasteiger partial charge >= 0.3 is 0 Å². The van der Waals surface area contributed by atoms with Crippen molar-refractivity contribution in [2.75, 3.05) is 5.32 Å². The minimum atomic E-state index is 0.161. The first-order valence-corrected chi connectivity index (χ1v) is 6.59. The van der Waals surface area contributed by atoms with Crippen LogP contribution in [0.25, 0.3) is 0 Å². The van der Waals surface area contributed by atoms with E-state index in [1.807, 2.05) is 12.1 Å². The van der Waals surface area contributed by atoms with E-state index in [-0.39, 0.29) is 6.04 Å². The van der Waals surface area contributed by atoms with Crippen LogP contribution in [0.2, 0.25) is 0 Å². The van der Waals surface area contributed by atoms with Gasteiger partial charge in [-0.1, -0.05) is 19.1 Å². The molecule has 0 aliphatic heterocycles. The fraction of sp³-hybridized carbons (Fsp3) is 0.286.